The van der Waals surface area contributed by atoms with Crippen molar-refractivity contribution in [2.75, 3.05) is 21.3 Å². The number of fused-ring (bicyclic) bond motifs is 1. The maximum absolute atomic E-state index is 13.9. The average Bonchev–Trinajstić information content (AvgIpc) is 2.98. The Morgan fingerprint density at radius 1 is 1.07 bits per heavy atom. The second-order valence-corrected chi connectivity index (χ2v) is 6.70. The third-order valence-electron chi connectivity index (χ3n) is 5.00. The average molecular weight is 408 g/mol. The number of allylic oxidation sites excluding steroid dienone is 3. The lowest BCUT2D eigenvalue weighted by Gasteiger charge is -2.13. The highest BCUT2D eigenvalue weighted by Crippen LogP contribution is 2.45. The molecule has 0 unspecified atom stereocenters. The van der Waals surface area contributed by atoms with Crippen molar-refractivity contribution < 1.29 is 28.2 Å². The van der Waals surface area contributed by atoms with Gasteiger partial charge in [-0.25, -0.2) is 4.39 Å². The molecule has 0 bridgehead atoms. The first-order valence-corrected chi connectivity index (χ1v) is 9.15. The highest BCUT2D eigenvalue weighted by molar-refractivity contribution is 6.28. The quantitative estimate of drug-likeness (QED) is 0.385. The van der Waals surface area contributed by atoms with Gasteiger partial charge in [-0.05, 0) is 70.7 Å². The lowest BCUT2D eigenvalue weighted by molar-refractivity contribution is -0.115. The topological polar surface area (TPSA) is 81.2 Å². The van der Waals surface area contributed by atoms with E-state index in [9.17, 15) is 9.18 Å². The molecule has 154 valence electrons. The summed E-state index contributed by atoms with van der Waals surface area (Å²) in [6.07, 6.45) is 2.77. The number of carbonyl (C=O) groups excluding carboxylic acids is 1. The number of rotatable bonds is 7. The van der Waals surface area contributed by atoms with Crippen LogP contribution in [0.15, 0.2) is 35.9 Å². The Kier molecular flexibility index (Phi) is 6.14. The number of Topliss-reactive ketones (excluding diaryl/α,β-unsaturated/α-hetero) is 1. The van der Waals surface area contributed by atoms with Crippen molar-refractivity contribution in [2.45, 2.75) is 13.3 Å². The zero-order valence-corrected chi connectivity index (χ0v) is 17.2. The highest BCUT2D eigenvalue weighted by Gasteiger charge is 2.26. The number of ether oxygens (including phenoxy) is 3. The molecule has 0 atom stereocenters. The van der Waals surface area contributed by atoms with Gasteiger partial charge in [0.1, 0.15) is 5.82 Å². The molecule has 0 aromatic heterocycles. The molecule has 2 aromatic rings. The van der Waals surface area contributed by atoms with Gasteiger partial charge in [-0.1, -0.05) is 6.07 Å². The summed E-state index contributed by atoms with van der Waals surface area (Å²) in [5.74, 6) is 0.736. The van der Waals surface area contributed by atoms with Gasteiger partial charge in [-0.15, -0.1) is 0 Å². The zero-order valence-electron chi connectivity index (χ0n) is 17.2. The van der Waals surface area contributed by atoms with Crippen molar-refractivity contribution in [3.8, 4) is 17.2 Å². The molecule has 0 radical (unpaired) electrons. The fourth-order valence-electron chi connectivity index (χ4n) is 3.62. The number of benzene rings is 2. The maximum Gasteiger partial charge on any atom is 0.323 e. The molecule has 0 fully saturated rings. The van der Waals surface area contributed by atoms with E-state index in [0.717, 1.165) is 28.5 Å². The highest BCUT2D eigenvalue weighted by atomic mass is 19.1. The van der Waals surface area contributed by atoms with Gasteiger partial charge in [0.05, 0.1) is 21.3 Å². The molecule has 0 aliphatic heterocycles. The largest absolute Gasteiger partial charge is 0.493 e. The van der Waals surface area contributed by atoms with Crippen LogP contribution in [0.25, 0.3) is 22.8 Å². The predicted molar refractivity (Wildman–Crippen MR) is 112 cm³/mol. The fraction of sp³-hybridized carbons (Fsp3) is 0.217. The molecule has 3 rings (SSSR count). The second kappa shape index (κ2) is 8.76. The molecule has 2 aromatic carbocycles. The normalized spacial score (nSPS) is 13.7. The van der Waals surface area contributed by atoms with E-state index >= 15 is 0 Å². The summed E-state index contributed by atoms with van der Waals surface area (Å²) >= 11 is 0. The summed E-state index contributed by atoms with van der Waals surface area (Å²) in [5, 5.41) is 0. The van der Waals surface area contributed by atoms with Crippen LogP contribution in [-0.2, 0) is 4.79 Å². The molecule has 0 N–H and O–H groups in total. The van der Waals surface area contributed by atoms with Crippen LogP contribution in [0.5, 0.6) is 17.2 Å². The minimum Gasteiger partial charge on any atom is -0.493 e. The molecule has 0 saturated heterocycles. The van der Waals surface area contributed by atoms with Crippen molar-refractivity contribution >= 4 is 29.2 Å². The molecule has 1 aliphatic rings. The van der Waals surface area contributed by atoms with Crippen molar-refractivity contribution in [3.63, 3.8) is 0 Å². The molecule has 6 nitrogen and oxygen atoms in total. The summed E-state index contributed by atoms with van der Waals surface area (Å²) in [6, 6.07) is 8.11. The Morgan fingerprint density at radius 2 is 1.73 bits per heavy atom. The number of hydrogen-bond donors (Lipinski definition) is 0. The van der Waals surface area contributed by atoms with Crippen LogP contribution >= 0.6 is 0 Å². The van der Waals surface area contributed by atoms with Crippen LogP contribution < -0.4 is 14.2 Å². The molecular formula is C23H21FN2O4. The Labute approximate surface area is 173 Å². The number of nitrogens with zero attached hydrogens (tertiary/aromatic N) is 2. The van der Waals surface area contributed by atoms with Gasteiger partial charge in [-0.3, -0.25) is 4.79 Å². The maximum atomic E-state index is 13.9. The molecular weight excluding hydrogens is 387 g/mol. The number of hydrogen-bond acceptors (Lipinski definition) is 4. The predicted octanol–water partition coefficient (Wildman–Crippen LogP) is 4.44. The molecule has 7 heteroatoms. The van der Waals surface area contributed by atoms with Crippen LogP contribution in [-0.4, -0.2) is 38.1 Å². The van der Waals surface area contributed by atoms with Gasteiger partial charge in [-0.2, -0.15) is 4.79 Å². The van der Waals surface area contributed by atoms with E-state index in [1.165, 1.54) is 19.2 Å². The van der Waals surface area contributed by atoms with Gasteiger partial charge in [0.15, 0.2) is 11.5 Å². The molecule has 0 saturated carbocycles. The Bertz CT molecular complexity index is 1100. The van der Waals surface area contributed by atoms with E-state index in [2.05, 4.69) is 4.79 Å². The van der Waals surface area contributed by atoms with E-state index in [-0.39, 0.29) is 12.2 Å². The number of halogens is 1. The van der Waals surface area contributed by atoms with Crippen LogP contribution in [0.2, 0.25) is 0 Å². The van der Waals surface area contributed by atoms with Gasteiger partial charge in [0.2, 0.25) is 11.5 Å². The number of carbonyl (C=O) groups is 1. The third kappa shape index (κ3) is 3.88. The Hall–Kier alpha value is -3.70. The Morgan fingerprint density at radius 3 is 2.30 bits per heavy atom. The third-order valence-corrected chi connectivity index (χ3v) is 5.00. The minimum absolute atomic E-state index is 0.00105. The van der Waals surface area contributed by atoms with E-state index < -0.39 is 5.82 Å². The lowest BCUT2D eigenvalue weighted by atomic mass is 10.00. The summed E-state index contributed by atoms with van der Waals surface area (Å²) < 4.78 is 30.1. The second-order valence-electron chi connectivity index (χ2n) is 6.70. The first-order valence-electron chi connectivity index (χ1n) is 9.15. The monoisotopic (exact) mass is 408 g/mol. The molecule has 30 heavy (non-hydrogen) atoms. The molecule has 1 aliphatic carbocycles. The fourth-order valence-corrected chi connectivity index (χ4v) is 3.62. The summed E-state index contributed by atoms with van der Waals surface area (Å²) in [6.45, 7) is 1.88. The van der Waals surface area contributed by atoms with Crippen LogP contribution in [0.3, 0.4) is 0 Å². The van der Waals surface area contributed by atoms with Crippen molar-refractivity contribution in [2.24, 2.45) is 0 Å². The summed E-state index contributed by atoms with van der Waals surface area (Å²) in [7, 11) is 4.62. The van der Waals surface area contributed by atoms with Crippen LogP contribution in [0, 0.1) is 5.82 Å². The smallest absolute Gasteiger partial charge is 0.323 e. The van der Waals surface area contributed by atoms with Crippen LogP contribution in [0.4, 0.5) is 4.39 Å². The standard InChI is InChI=1S/C23H21FN2O4/c1-13-18(7-14-8-21(28-2)23(30-4)22(9-14)29-3)17-6-5-15(24)10-20(17)19(13)11-16(27)12-26-25/h5-10,12H,11H2,1-4H3/b18-7+. The lowest BCUT2D eigenvalue weighted by Crippen LogP contribution is -2.01. The molecule has 0 amide bonds. The van der Waals surface area contributed by atoms with Crippen molar-refractivity contribution in [1.29, 1.82) is 0 Å². The van der Waals surface area contributed by atoms with Crippen LogP contribution in [0.1, 0.15) is 30.0 Å². The van der Waals surface area contributed by atoms with E-state index in [0.29, 0.717) is 28.4 Å². The summed E-state index contributed by atoms with van der Waals surface area (Å²) in [4.78, 5) is 14.8. The molecule has 0 spiro atoms. The first-order chi connectivity index (χ1) is 14.4. The summed E-state index contributed by atoms with van der Waals surface area (Å²) in [5.41, 5.74) is 13.3. The Balaban J connectivity index is 2.18. The van der Waals surface area contributed by atoms with Gasteiger partial charge < -0.3 is 19.7 Å². The number of ketones is 1. The van der Waals surface area contributed by atoms with Crippen molar-refractivity contribution in [1.82, 2.24) is 0 Å². The van der Waals surface area contributed by atoms with E-state index in [1.807, 2.05) is 25.1 Å². The number of methoxy groups -OCH3 is 3. The molecule has 0 heterocycles. The van der Waals surface area contributed by atoms with Gasteiger partial charge in [0, 0.05) is 6.42 Å². The first kappa shape index (κ1) is 21.0. The van der Waals surface area contributed by atoms with E-state index in [1.54, 1.807) is 20.3 Å². The van der Waals surface area contributed by atoms with Gasteiger partial charge in [0.25, 0.3) is 0 Å². The van der Waals surface area contributed by atoms with Crippen molar-refractivity contribution in [3.05, 3.63) is 63.9 Å². The SMILES string of the molecule is COc1cc(/C=C2\C(C)=C(CC(=O)C=[N+]=[N-])c3cc(F)ccc32)cc(OC)c1OC. The van der Waals surface area contributed by atoms with E-state index in [4.69, 9.17) is 19.7 Å². The van der Waals surface area contributed by atoms with Gasteiger partial charge >= 0.3 is 6.21 Å². The zero-order chi connectivity index (χ0) is 21.8. The minimum atomic E-state index is -0.392.